The number of ketones is 2. The predicted molar refractivity (Wildman–Crippen MR) is 158 cm³/mol. The van der Waals surface area contributed by atoms with Crippen molar-refractivity contribution in [1.82, 2.24) is 0 Å². The van der Waals surface area contributed by atoms with Crippen molar-refractivity contribution < 1.29 is 9.59 Å². The SMILES string of the molecule is CC(=O)/C(=N/Nc1ccc(Cl)cc1)C(C)=Nc1ccccc1N=C(C)/C(=N\Nc1ccc(Cl)cc1)C(C)=O. The summed E-state index contributed by atoms with van der Waals surface area (Å²) in [5, 5.41) is 9.68. The number of hydrogen-bond donors (Lipinski definition) is 2. The van der Waals surface area contributed by atoms with Gasteiger partial charge in [-0.2, -0.15) is 10.2 Å². The van der Waals surface area contributed by atoms with Crippen molar-refractivity contribution in [1.29, 1.82) is 0 Å². The van der Waals surface area contributed by atoms with Crippen LogP contribution in [0.15, 0.2) is 93.0 Å². The van der Waals surface area contributed by atoms with Crippen LogP contribution in [-0.4, -0.2) is 34.4 Å². The maximum atomic E-state index is 12.3. The van der Waals surface area contributed by atoms with E-state index >= 15 is 0 Å². The fraction of sp³-hybridized carbons (Fsp3) is 0.143. The van der Waals surface area contributed by atoms with Crippen LogP contribution in [0, 0.1) is 0 Å². The van der Waals surface area contributed by atoms with Crippen molar-refractivity contribution in [2.45, 2.75) is 27.7 Å². The Labute approximate surface area is 231 Å². The lowest BCUT2D eigenvalue weighted by molar-refractivity contribution is -0.111. The molecule has 8 nitrogen and oxygen atoms in total. The Balaban J connectivity index is 1.90. The van der Waals surface area contributed by atoms with Gasteiger partial charge < -0.3 is 0 Å². The van der Waals surface area contributed by atoms with Crippen LogP contribution in [0.25, 0.3) is 0 Å². The molecule has 0 aliphatic heterocycles. The van der Waals surface area contributed by atoms with Crippen molar-refractivity contribution in [3.05, 3.63) is 82.8 Å². The van der Waals surface area contributed by atoms with E-state index < -0.39 is 0 Å². The maximum Gasteiger partial charge on any atom is 0.181 e. The molecule has 0 unspecified atom stereocenters. The van der Waals surface area contributed by atoms with E-state index in [0.717, 1.165) is 0 Å². The standard InChI is InChI=1S/C28H26Cl2N6O2/c1-17(27(19(3)37)35-33-23-13-9-21(29)10-14-23)31-25-7-5-6-8-26(25)32-18(2)28(20(4)38)36-34-24-15-11-22(30)12-16-24/h5-16,33-34H,1-4H3/b31-17?,32-18?,35-27+,36-28+. The Morgan fingerprint density at radius 2 is 0.921 bits per heavy atom. The largest absolute Gasteiger partial charge is 0.293 e. The number of hydrazone groups is 2. The number of Topliss-reactive ketones (excluding diaryl/α,β-unsaturated/α-hetero) is 2. The van der Waals surface area contributed by atoms with Crippen molar-refractivity contribution in [3.8, 4) is 0 Å². The summed E-state index contributed by atoms with van der Waals surface area (Å²) in [6, 6.07) is 21.0. The number of halogens is 2. The highest BCUT2D eigenvalue weighted by Gasteiger charge is 2.14. The molecule has 2 N–H and O–H groups in total. The van der Waals surface area contributed by atoms with E-state index in [-0.39, 0.29) is 23.0 Å². The Kier molecular flexibility index (Phi) is 10.0. The Hall–Kier alpha value is -4.14. The molecule has 0 aliphatic carbocycles. The van der Waals surface area contributed by atoms with E-state index in [9.17, 15) is 9.59 Å². The van der Waals surface area contributed by atoms with E-state index in [1.807, 2.05) is 0 Å². The van der Waals surface area contributed by atoms with Gasteiger partial charge in [-0.1, -0.05) is 35.3 Å². The molecule has 0 spiro atoms. The van der Waals surface area contributed by atoms with Crippen LogP contribution in [0.3, 0.4) is 0 Å². The summed E-state index contributed by atoms with van der Waals surface area (Å²) in [7, 11) is 0. The lowest BCUT2D eigenvalue weighted by Crippen LogP contribution is -2.21. The van der Waals surface area contributed by atoms with Crippen LogP contribution in [-0.2, 0) is 9.59 Å². The number of aliphatic imine (C=N–C) groups is 2. The minimum atomic E-state index is -0.260. The number of rotatable bonds is 10. The Bertz CT molecular complexity index is 1330. The number of anilines is 2. The quantitative estimate of drug-likeness (QED) is 0.204. The van der Waals surface area contributed by atoms with E-state index in [2.05, 4.69) is 31.0 Å². The first-order valence-electron chi connectivity index (χ1n) is 11.5. The molecule has 0 amide bonds. The van der Waals surface area contributed by atoms with Gasteiger partial charge in [-0.3, -0.25) is 20.4 Å². The zero-order valence-corrected chi connectivity index (χ0v) is 22.8. The molecule has 3 aromatic carbocycles. The van der Waals surface area contributed by atoms with Gasteiger partial charge in [-0.05, 0) is 74.5 Å². The monoisotopic (exact) mass is 548 g/mol. The number of hydrogen-bond acceptors (Lipinski definition) is 8. The fourth-order valence-corrected chi connectivity index (χ4v) is 3.49. The second kappa shape index (κ2) is 13.4. The van der Waals surface area contributed by atoms with Gasteiger partial charge in [-0.15, -0.1) is 0 Å². The van der Waals surface area contributed by atoms with Gasteiger partial charge in [0.2, 0.25) is 0 Å². The molecule has 3 rings (SSSR count). The van der Waals surface area contributed by atoms with Crippen LogP contribution in [0.2, 0.25) is 10.0 Å². The third-order valence-corrected chi connectivity index (χ3v) is 5.60. The zero-order valence-electron chi connectivity index (χ0n) is 21.3. The van der Waals surface area contributed by atoms with Gasteiger partial charge in [0.25, 0.3) is 0 Å². The van der Waals surface area contributed by atoms with Crippen LogP contribution >= 0.6 is 23.2 Å². The summed E-state index contributed by atoms with van der Waals surface area (Å²) >= 11 is 11.8. The van der Waals surface area contributed by atoms with Gasteiger partial charge in [0.05, 0.1) is 34.2 Å². The van der Waals surface area contributed by atoms with E-state index in [1.54, 1.807) is 86.6 Å². The highest BCUT2D eigenvalue weighted by molar-refractivity contribution is 6.67. The topological polar surface area (TPSA) is 108 Å². The molecule has 0 aliphatic rings. The van der Waals surface area contributed by atoms with E-state index in [1.165, 1.54) is 13.8 Å². The molecule has 0 saturated carbocycles. The fourth-order valence-electron chi connectivity index (χ4n) is 3.24. The molecule has 0 radical (unpaired) electrons. The third-order valence-electron chi connectivity index (χ3n) is 5.09. The summed E-state index contributed by atoms with van der Waals surface area (Å²) in [6.07, 6.45) is 0. The van der Waals surface area contributed by atoms with Crippen LogP contribution in [0.4, 0.5) is 22.7 Å². The lowest BCUT2D eigenvalue weighted by Gasteiger charge is -2.08. The van der Waals surface area contributed by atoms with Gasteiger partial charge >= 0.3 is 0 Å². The second-order valence-corrected chi connectivity index (χ2v) is 9.03. The zero-order chi connectivity index (χ0) is 27.7. The summed E-state index contributed by atoms with van der Waals surface area (Å²) in [6.45, 7) is 6.21. The molecule has 3 aromatic rings. The molecule has 0 aromatic heterocycles. The van der Waals surface area contributed by atoms with Gasteiger partial charge in [-0.25, -0.2) is 9.98 Å². The Morgan fingerprint density at radius 1 is 0.579 bits per heavy atom. The molecule has 0 saturated heterocycles. The number of nitrogens with one attached hydrogen (secondary N) is 2. The number of benzene rings is 3. The molecular formula is C28H26Cl2N6O2. The number of para-hydroxylation sites is 2. The highest BCUT2D eigenvalue weighted by atomic mass is 35.5. The van der Waals surface area contributed by atoms with Crippen molar-refractivity contribution in [2.24, 2.45) is 20.2 Å². The average Bonchev–Trinajstić information content (AvgIpc) is 2.87. The van der Waals surface area contributed by atoms with Crippen molar-refractivity contribution in [2.75, 3.05) is 10.9 Å². The smallest absolute Gasteiger partial charge is 0.181 e. The second-order valence-electron chi connectivity index (χ2n) is 8.15. The molecule has 38 heavy (non-hydrogen) atoms. The number of carbonyl (C=O) groups excluding carboxylic acids is 2. The van der Waals surface area contributed by atoms with Crippen LogP contribution in [0.1, 0.15) is 27.7 Å². The van der Waals surface area contributed by atoms with Crippen LogP contribution in [0.5, 0.6) is 0 Å². The maximum absolute atomic E-state index is 12.3. The van der Waals surface area contributed by atoms with E-state index in [0.29, 0.717) is 44.2 Å². The molecule has 0 fully saturated rings. The molecule has 10 heteroatoms. The minimum Gasteiger partial charge on any atom is -0.293 e. The first-order chi connectivity index (χ1) is 18.1. The minimum absolute atomic E-state index is 0.161. The van der Waals surface area contributed by atoms with Gasteiger partial charge in [0.15, 0.2) is 11.6 Å². The number of carbonyl (C=O) groups is 2. The average molecular weight is 549 g/mol. The summed E-state index contributed by atoms with van der Waals surface area (Å²) in [5.74, 6) is -0.520. The third kappa shape index (κ3) is 8.19. The summed E-state index contributed by atoms with van der Waals surface area (Å²) in [4.78, 5) is 33.9. The van der Waals surface area contributed by atoms with Gasteiger partial charge in [0, 0.05) is 23.9 Å². The van der Waals surface area contributed by atoms with Crippen LogP contribution < -0.4 is 10.9 Å². The predicted octanol–water partition coefficient (Wildman–Crippen LogP) is 7.29. The molecular weight excluding hydrogens is 523 g/mol. The summed E-state index contributed by atoms with van der Waals surface area (Å²) < 4.78 is 0. The summed E-state index contributed by atoms with van der Waals surface area (Å²) in [5.41, 5.74) is 9.16. The van der Waals surface area contributed by atoms with Gasteiger partial charge in [0.1, 0.15) is 11.4 Å². The molecule has 0 bridgehead atoms. The van der Waals surface area contributed by atoms with E-state index in [4.69, 9.17) is 23.2 Å². The molecule has 194 valence electrons. The highest BCUT2D eigenvalue weighted by Crippen LogP contribution is 2.28. The lowest BCUT2D eigenvalue weighted by atomic mass is 10.1. The Morgan fingerprint density at radius 3 is 1.24 bits per heavy atom. The van der Waals surface area contributed by atoms with Crippen molar-refractivity contribution in [3.63, 3.8) is 0 Å². The first kappa shape index (κ1) is 28.4. The number of nitrogens with zero attached hydrogens (tertiary/aromatic N) is 4. The first-order valence-corrected chi connectivity index (χ1v) is 12.3. The molecule has 0 atom stereocenters. The molecule has 0 heterocycles. The normalized spacial score (nSPS) is 12.8. The van der Waals surface area contributed by atoms with Crippen molar-refractivity contribution >= 4 is 80.4 Å².